The lowest BCUT2D eigenvalue weighted by atomic mass is 9.98. The average molecular weight is 528 g/mol. The van der Waals surface area contributed by atoms with Crippen LogP contribution in [0.25, 0.3) is 0 Å². The van der Waals surface area contributed by atoms with Gasteiger partial charge in [-0.2, -0.15) is 4.31 Å². The van der Waals surface area contributed by atoms with Gasteiger partial charge in [-0.3, -0.25) is 4.98 Å². The summed E-state index contributed by atoms with van der Waals surface area (Å²) in [6.45, 7) is 6.95. The Bertz CT molecular complexity index is 1210. The fourth-order valence-electron chi connectivity index (χ4n) is 4.85. The zero-order chi connectivity index (χ0) is 26.4. The first-order valence-electron chi connectivity index (χ1n) is 12.9. The number of aliphatic hydroxyl groups is 1. The van der Waals surface area contributed by atoms with Crippen molar-refractivity contribution < 1.29 is 23.0 Å². The zero-order valence-corrected chi connectivity index (χ0v) is 22.7. The maximum absolute atomic E-state index is 13.7. The van der Waals surface area contributed by atoms with Gasteiger partial charge in [-0.05, 0) is 63.1 Å². The van der Waals surface area contributed by atoms with Crippen molar-refractivity contribution in [3.8, 4) is 17.6 Å². The first-order valence-corrected chi connectivity index (χ1v) is 14.3. The molecule has 1 saturated heterocycles. The molecule has 2 aromatic rings. The van der Waals surface area contributed by atoms with Crippen LogP contribution in [0.4, 0.5) is 0 Å². The molecule has 1 fully saturated rings. The van der Waals surface area contributed by atoms with Gasteiger partial charge in [0, 0.05) is 68.3 Å². The lowest BCUT2D eigenvalue weighted by Crippen LogP contribution is -2.50. The normalized spacial score (nSPS) is 23.2. The van der Waals surface area contributed by atoms with Crippen LogP contribution in [0.2, 0.25) is 0 Å². The topological polar surface area (TPSA) is 92.2 Å². The smallest absolute Gasteiger partial charge is 0.247 e. The quantitative estimate of drug-likeness (QED) is 0.578. The molecule has 8 nitrogen and oxygen atoms in total. The van der Waals surface area contributed by atoms with Crippen molar-refractivity contribution in [2.24, 2.45) is 11.8 Å². The third-order valence-corrected chi connectivity index (χ3v) is 9.10. The Morgan fingerprint density at radius 3 is 2.65 bits per heavy atom. The molecule has 1 aromatic carbocycles. The molecule has 1 aromatic heterocycles. The van der Waals surface area contributed by atoms with E-state index in [2.05, 4.69) is 28.8 Å². The molecule has 2 aliphatic heterocycles. The van der Waals surface area contributed by atoms with Gasteiger partial charge in [0.2, 0.25) is 10.0 Å². The van der Waals surface area contributed by atoms with E-state index in [-0.39, 0.29) is 30.1 Å². The molecular formula is C28H37N3O5S. The van der Waals surface area contributed by atoms with Crippen LogP contribution in [0.15, 0.2) is 47.6 Å². The molecule has 3 heterocycles. The molecule has 0 unspecified atom stereocenters. The number of ether oxygens (including phenoxy) is 2. The Morgan fingerprint density at radius 2 is 1.95 bits per heavy atom. The number of aliphatic hydroxyl groups excluding tert-OH is 1. The highest BCUT2D eigenvalue weighted by atomic mass is 32.2. The zero-order valence-electron chi connectivity index (χ0n) is 21.8. The molecule has 1 N–H and O–H groups in total. The second kappa shape index (κ2) is 12.4. The molecule has 0 saturated carbocycles. The van der Waals surface area contributed by atoms with Gasteiger partial charge >= 0.3 is 0 Å². The van der Waals surface area contributed by atoms with Gasteiger partial charge in [-0.15, -0.1) is 0 Å². The third-order valence-electron chi connectivity index (χ3n) is 7.08. The third kappa shape index (κ3) is 6.89. The Morgan fingerprint density at radius 1 is 1.19 bits per heavy atom. The van der Waals surface area contributed by atoms with E-state index in [0.29, 0.717) is 23.8 Å². The number of rotatable bonds is 6. The van der Waals surface area contributed by atoms with Crippen LogP contribution in [0.5, 0.6) is 5.75 Å². The molecule has 2 aliphatic rings. The lowest BCUT2D eigenvalue weighted by molar-refractivity contribution is 0.0402. The minimum atomic E-state index is -3.88. The summed E-state index contributed by atoms with van der Waals surface area (Å²) in [6.07, 6.45) is 5.23. The Labute approximate surface area is 220 Å². The minimum absolute atomic E-state index is 0.0980. The van der Waals surface area contributed by atoms with Gasteiger partial charge in [0.15, 0.2) is 0 Å². The number of aromatic nitrogens is 1. The van der Waals surface area contributed by atoms with Gasteiger partial charge in [0.1, 0.15) is 16.7 Å². The molecule has 4 rings (SSSR count). The monoisotopic (exact) mass is 527 g/mol. The van der Waals surface area contributed by atoms with Crippen molar-refractivity contribution in [3.63, 3.8) is 0 Å². The van der Waals surface area contributed by atoms with Crippen LogP contribution < -0.4 is 4.74 Å². The van der Waals surface area contributed by atoms with E-state index in [9.17, 15) is 13.5 Å². The van der Waals surface area contributed by atoms with E-state index >= 15 is 0 Å². The summed E-state index contributed by atoms with van der Waals surface area (Å²) < 4.78 is 40.7. The van der Waals surface area contributed by atoms with E-state index in [0.717, 1.165) is 38.2 Å². The largest absolute Gasteiger partial charge is 0.487 e. The summed E-state index contributed by atoms with van der Waals surface area (Å²) in [6, 6.07) is 8.11. The number of fused-ring (bicyclic) bond motifs is 1. The van der Waals surface area contributed by atoms with Crippen molar-refractivity contribution in [2.75, 3.05) is 46.5 Å². The van der Waals surface area contributed by atoms with Crippen molar-refractivity contribution in [1.29, 1.82) is 0 Å². The predicted octanol–water partition coefficient (Wildman–Crippen LogP) is 2.61. The number of benzene rings is 1. The van der Waals surface area contributed by atoms with E-state index in [4.69, 9.17) is 9.47 Å². The fourth-order valence-corrected chi connectivity index (χ4v) is 6.68. The average Bonchev–Trinajstić information content (AvgIpc) is 2.90. The molecule has 0 spiro atoms. The lowest BCUT2D eigenvalue weighted by Gasteiger charge is -2.38. The van der Waals surface area contributed by atoms with Crippen molar-refractivity contribution >= 4 is 10.0 Å². The van der Waals surface area contributed by atoms with Gasteiger partial charge in [0.25, 0.3) is 0 Å². The minimum Gasteiger partial charge on any atom is -0.487 e. The van der Waals surface area contributed by atoms with Crippen molar-refractivity contribution in [2.45, 2.75) is 43.7 Å². The van der Waals surface area contributed by atoms with Crippen LogP contribution in [-0.2, 0) is 14.8 Å². The fraction of sp³-hybridized carbons (Fsp3) is 0.536. The summed E-state index contributed by atoms with van der Waals surface area (Å²) in [5.74, 6) is 6.95. The van der Waals surface area contributed by atoms with Gasteiger partial charge < -0.3 is 19.5 Å². The number of sulfonamides is 1. The molecular weight excluding hydrogens is 490 g/mol. The summed E-state index contributed by atoms with van der Waals surface area (Å²) in [7, 11) is -1.79. The Kier molecular flexibility index (Phi) is 9.22. The summed E-state index contributed by atoms with van der Waals surface area (Å²) in [5.41, 5.74) is 1.43. The number of hydrogen-bond acceptors (Lipinski definition) is 7. The van der Waals surface area contributed by atoms with E-state index in [1.807, 2.05) is 19.1 Å². The summed E-state index contributed by atoms with van der Waals surface area (Å²) in [4.78, 5) is 6.46. The first kappa shape index (κ1) is 27.6. The van der Waals surface area contributed by atoms with Crippen LogP contribution in [0.3, 0.4) is 0 Å². The van der Waals surface area contributed by atoms with E-state index < -0.39 is 16.1 Å². The number of nitrogens with zero attached hydrogens (tertiary/aromatic N) is 3. The maximum atomic E-state index is 13.7. The molecule has 3 atom stereocenters. The van der Waals surface area contributed by atoms with E-state index in [1.54, 1.807) is 37.5 Å². The first-order chi connectivity index (χ1) is 17.8. The molecule has 37 heavy (non-hydrogen) atoms. The van der Waals surface area contributed by atoms with Crippen LogP contribution in [-0.4, -0.2) is 86.4 Å². The predicted molar refractivity (Wildman–Crippen MR) is 142 cm³/mol. The summed E-state index contributed by atoms with van der Waals surface area (Å²) >= 11 is 0. The van der Waals surface area contributed by atoms with Crippen molar-refractivity contribution in [3.05, 3.63) is 53.9 Å². The SMILES string of the molecule is C[C@H]1CN([C@@H](C)CO)S(=O)(=O)c2ccc(C#Cc3cccnc3)cc2O[C@H]1CN(C)CC1CCOCC1. The van der Waals surface area contributed by atoms with Gasteiger partial charge in [-0.25, -0.2) is 8.42 Å². The summed E-state index contributed by atoms with van der Waals surface area (Å²) in [5, 5.41) is 9.85. The molecule has 0 aliphatic carbocycles. The standard InChI is InChI=1S/C28H37N3O5S/c1-21-17-31(22(2)20-32)37(33,34)28-9-8-23(6-7-24-5-4-12-29-16-24)15-26(28)36-27(21)19-30(3)18-25-10-13-35-14-11-25/h4-5,8-9,12,15-16,21-22,25,27,32H,10-11,13-14,17-20H2,1-3H3/t21-,22-,27-/m0/s1. The number of likely N-dealkylation sites (N-methyl/N-ethyl adjacent to an activating group) is 1. The van der Waals surface area contributed by atoms with Crippen LogP contribution >= 0.6 is 0 Å². The molecule has 200 valence electrons. The highest BCUT2D eigenvalue weighted by Gasteiger charge is 2.38. The molecule has 0 radical (unpaired) electrons. The number of hydrogen-bond donors (Lipinski definition) is 1. The molecule has 0 bridgehead atoms. The highest BCUT2D eigenvalue weighted by molar-refractivity contribution is 7.89. The second-order valence-electron chi connectivity index (χ2n) is 10.2. The highest BCUT2D eigenvalue weighted by Crippen LogP contribution is 2.34. The van der Waals surface area contributed by atoms with E-state index in [1.165, 1.54) is 4.31 Å². The molecule has 0 amide bonds. The van der Waals surface area contributed by atoms with Crippen molar-refractivity contribution in [1.82, 2.24) is 14.2 Å². The Hall–Kier alpha value is -2.48. The van der Waals surface area contributed by atoms with Crippen LogP contribution in [0.1, 0.15) is 37.8 Å². The molecule has 9 heteroatoms. The van der Waals surface area contributed by atoms with Crippen LogP contribution in [0, 0.1) is 23.7 Å². The second-order valence-corrected chi connectivity index (χ2v) is 12.0. The number of pyridine rings is 1. The maximum Gasteiger partial charge on any atom is 0.247 e. The Balaban J connectivity index is 1.65. The van der Waals surface area contributed by atoms with Gasteiger partial charge in [-0.1, -0.05) is 18.8 Å². The van der Waals surface area contributed by atoms with Gasteiger partial charge in [0.05, 0.1) is 6.61 Å².